The molecule has 0 aliphatic carbocycles. The van der Waals surface area contributed by atoms with E-state index in [1.165, 1.54) is 0 Å². The summed E-state index contributed by atoms with van der Waals surface area (Å²) < 4.78 is 37.6. The van der Waals surface area contributed by atoms with Gasteiger partial charge in [0, 0.05) is 16.9 Å². The lowest BCUT2D eigenvalue weighted by Crippen LogP contribution is -2.34. The summed E-state index contributed by atoms with van der Waals surface area (Å²) in [7, 11) is 3.65. The molecule has 1 N–H and O–H groups in total. The average molecular weight is 378 g/mol. The molecule has 0 saturated carbocycles. The summed E-state index contributed by atoms with van der Waals surface area (Å²) in [5.74, 6) is -0.652. The second kappa shape index (κ2) is 7.50. The Labute approximate surface area is 146 Å². The Morgan fingerprint density at radius 2 is 2.04 bits per heavy atom. The van der Waals surface area contributed by atoms with Gasteiger partial charge in [0.2, 0.25) is 0 Å². The van der Waals surface area contributed by atoms with Crippen LogP contribution < -0.4 is 5.32 Å². The molecule has 0 fully saturated rings. The molecule has 0 spiro atoms. The summed E-state index contributed by atoms with van der Waals surface area (Å²) in [6.45, 7) is 0.189. The molecule has 0 aliphatic heterocycles. The third kappa shape index (κ3) is 4.46. The predicted molar refractivity (Wildman–Crippen MR) is 87.3 cm³/mol. The molecule has 1 heterocycles. The van der Waals surface area contributed by atoms with Gasteiger partial charge >= 0.3 is 6.18 Å². The van der Waals surface area contributed by atoms with E-state index in [0.29, 0.717) is 16.4 Å². The van der Waals surface area contributed by atoms with Crippen molar-refractivity contribution in [2.45, 2.75) is 12.2 Å². The molecule has 0 saturated heterocycles. The van der Waals surface area contributed by atoms with Crippen LogP contribution >= 0.6 is 22.9 Å². The number of aromatic nitrogens is 1. The molecule has 1 amide bonds. The van der Waals surface area contributed by atoms with Gasteiger partial charge in [-0.05, 0) is 25.7 Å². The van der Waals surface area contributed by atoms with Crippen molar-refractivity contribution < 1.29 is 18.0 Å². The number of carbonyl (C=O) groups excluding carboxylic acids is 1. The standard InChI is InChI=1S/C15H15ClF3N3OS/c1-22(2)12(9-5-3-4-6-10(9)16)7-20-13(23)11-8-24-14(21-11)15(17,18)19/h3-6,8,12H,7H2,1-2H3,(H,20,23)/t12-/m0/s1. The Hall–Kier alpha value is -1.64. The fourth-order valence-corrected chi connectivity index (χ4v) is 3.03. The van der Waals surface area contributed by atoms with Crippen molar-refractivity contribution >= 4 is 28.8 Å². The van der Waals surface area contributed by atoms with Crippen LogP contribution in [0.5, 0.6) is 0 Å². The first-order valence-corrected chi connectivity index (χ1v) is 8.17. The molecule has 2 rings (SSSR count). The predicted octanol–water partition coefficient (Wildman–Crippen LogP) is 3.85. The first-order chi connectivity index (χ1) is 11.2. The summed E-state index contributed by atoms with van der Waals surface area (Å²) in [4.78, 5) is 17.2. The highest BCUT2D eigenvalue weighted by molar-refractivity contribution is 7.09. The van der Waals surface area contributed by atoms with Gasteiger partial charge in [0.25, 0.3) is 5.91 Å². The number of nitrogens with one attached hydrogen (secondary N) is 1. The summed E-state index contributed by atoms with van der Waals surface area (Å²) >= 11 is 6.57. The SMILES string of the molecule is CN(C)[C@@H](CNC(=O)c1csc(C(F)(F)F)n1)c1ccccc1Cl. The van der Waals surface area contributed by atoms with Crippen molar-refractivity contribution in [2.75, 3.05) is 20.6 Å². The van der Waals surface area contributed by atoms with Gasteiger partial charge in [-0.2, -0.15) is 13.2 Å². The van der Waals surface area contributed by atoms with Gasteiger partial charge in [-0.15, -0.1) is 11.3 Å². The maximum absolute atomic E-state index is 12.5. The van der Waals surface area contributed by atoms with Crippen LogP contribution in [0.3, 0.4) is 0 Å². The van der Waals surface area contributed by atoms with Crippen LogP contribution in [-0.4, -0.2) is 36.4 Å². The van der Waals surface area contributed by atoms with E-state index < -0.39 is 17.1 Å². The fourth-order valence-electron chi connectivity index (χ4n) is 2.10. The van der Waals surface area contributed by atoms with Gasteiger partial charge < -0.3 is 10.2 Å². The number of likely N-dealkylation sites (N-methyl/N-ethyl adjacent to an activating group) is 1. The monoisotopic (exact) mass is 377 g/mol. The van der Waals surface area contributed by atoms with Crippen molar-refractivity contribution in [2.24, 2.45) is 0 Å². The van der Waals surface area contributed by atoms with Gasteiger partial charge in [0.15, 0.2) is 5.01 Å². The van der Waals surface area contributed by atoms with Crippen molar-refractivity contribution in [1.82, 2.24) is 15.2 Å². The van der Waals surface area contributed by atoms with Crippen LogP contribution in [0.15, 0.2) is 29.6 Å². The third-order valence-electron chi connectivity index (χ3n) is 3.32. The lowest BCUT2D eigenvalue weighted by molar-refractivity contribution is -0.137. The minimum absolute atomic E-state index is 0.189. The van der Waals surface area contributed by atoms with Gasteiger partial charge in [-0.25, -0.2) is 4.98 Å². The molecule has 130 valence electrons. The Kier molecular flexibility index (Phi) is 5.84. The highest BCUT2D eigenvalue weighted by atomic mass is 35.5. The Morgan fingerprint density at radius 1 is 1.38 bits per heavy atom. The number of alkyl halides is 3. The van der Waals surface area contributed by atoms with E-state index in [9.17, 15) is 18.0 Å². The zero-order valence-corrected chi connectivity index (χ0v) is 14.5. The number of nitrogens with zero attached hydrogens (tertiary/aromatic N) is 2. The molecule has 0 unspecified atom stereocenters. The summed E-state index contributed by atoms with van der Waals surface area (Å²) in [6, 6.07) is 6.98. The molecular formula is C15H15ClF3N3OS. The van der Waals surface area contributed by atoms with E-state index >= 15 is 0 Å². The molecule has 0 bridgehead atoms. The minimum atomic E-state index is -4.55. The molecular weight excluding hydrogens is 363 g/mol. The van der Waals surface area contributed by atoms with Gasteiger partial charge in [-0.3, -0.25) is 4.79 Å². The lowest BCUT2D eigenvalue weighted by atomic mass is 10.1. The van der Waals surface area contributed by atoms with E-state index in [4.69, 9.17) is 11.6 Å². The maximum atomic E-state index is 12.5. The molecule has 1 atom stereocenters. The summed E-state index contributed by atoms with van der Waals surface area (Å²) in [5.41, 5.74) is 0.572. The lowest BCUT2D eigenvalue weighted by Gasteiger charge is -2.25. The van der Waals surface area contributed by atoms with Gasteiger partial charge in [-0.1, -0.05) is 29.8 Å². The Morgan fingerprint density at radius 3 is 2.58 bits per heavy atom. The average Bonchev–Trinajstić information content (AvgIpc) is 2.98. The van der Waals surface area contributed by atoms with Crippen LogP contribution in [0.1, 0.15) is 27.1 Å². The number of amides is 1. The number of hydrogen-bond acceptors (Lipinski definition) is 4. The zero-order chi connectivity index (χ0) is 17.9. The first kappa shape index (κ1) is 18.7. The summed E-state index contributed by atoms with van der Waals surface area (Å²) in [5, 5.41) is 3.22. The van der Waals surface area contributed by atoms with Crippen LogP contribution in [0.25, 0.3) is 0 Å². The normalized spacial score (nSPS) is 13.1. The molecule has 24 heavy (non-hydrogen) atoms. The number of hydrogen-bond donors (Lipinski definition) is 1. The van der Waals surface area contributed by atoms with Crippen molar-refractivity contribution in [3.63, 3.8) is 0 Å². The maximum Gasteiger partial charge on any atom is 0.443 e. The van der Waals surface area contributed by atoms with Crippen LogP contribution in [0.2, 0.25) is 5.02 Å². The molecule has 2 aromatic rings. The second-order valence-electron chi connectivity index (χ2n) is 5.25. The molecule has 4 nitrogen and oxygen atoms in total. The number of rotatable bonds is 5. The highest BCUT2D eigenvalue weighted by Crippen LogP contribution is 2.31. The van der Waals surface area contributed by atoms with Gasteiger partial charge in [0.05, 0.1) is 6.04 Å². The molecule has 0 aliphatic rings. The number of thiazole rings is 1. The van der Waals surface area contributed by atoms with Crippen LogP contribution in [-0.2, 0) is 6.18 Å². The van der Waals surface area contributed by atoms with E-state index in [1.807, 2.05) is 31.1 Å². The van der Waals surface area contributed by atoms with E-state index in [1.54, 1.807) is 12.1 Å². The van der Waals surface area contributed by atoms with E-state index in [-0.39, 0.29) is 18.3 Å². The zero-order valence-electron chi connectivity index (χ0n) is 12.9. The minimum Gasteiger partial charge on any atom is -0.349 e. The topological polar surface area (TPSA) is 45.2 Å². The van der Waals surface area contributed by atoms with E-state index in [0.717, 1.165) is 10.9 Å². The van der Waals surface area contributed by atoms with Crippen molar-refractivity contribution in [3.8, 4) is 0 Å². The molecule has 1 aromatic carbocycles. The smallest absolute Gasteiger partial charge is 0.349 e. The number of carbonyl (C=O) groups is 1. The second-order valence-corrected chi connectivity index (χ2v) is 6.51. The summed E-state index contributed by atoms with van der Waals surface area (Å²) in [6.07, 6.45) is -4.55. The molecule has 9 heteroatoms. The van der Waals surface area contributed by atoms with Crippen LogP contribution in [0, 0.1) is 0 Å². The van der Waals surface area contributed by atoms with Gasteiger partial charge in [0.1, 0.15) is 5.69 Å². The number of benzene rings is 1. The molecule has 1 aromatic heterocycles. The highest BCUT2D eigenvalue weighted by Gasteiger charge is 2.35. The molecule has 0 radical (unpaired) electrons. The largest absolute Gasteiger partial charge is 0.443 e. The Bertz CT molecular complexity index is 718. The van der Waals surface area contributed by atoms with Crippen molar-refractivity contribution in [3.05, 3.63) is 50.9 Å². The van der Waals surface area contributed by atoms with Crippen LogP contribution in [0.4, 0.5) is 13.2 Å². The fraction of sp³-hybridized carbons (Fsp3) is 0.333. The number of halogens is 4. The third-order valence-corrected chi connectivity index (χ3v) is 4.55. The van der Waals surface area contributed by atoms with Crippen molar-refractivity contribution in [1.29, 1.82) is 0 Å². The Balaban J connectivity index is 2.08. The van der Waals surface area contributed by atoms with E-state index in [2.05, 4.69) is 10.3 Å². The first-order valence-electron chi connectivity index (χ1n) is 6.92. The quantitative estimate of drug-likeness (QED) is 0.860.